The van der Waals surface area contributed by atoms with Crippen LogP contribution in [-0.2, 0) is 9.47 Å². The van der Waals surface area contributed by atoms with Crippen LogP contribution in [0, 0.1) is 5.92 Å². The van der Waals surface area contributed by atoms with Crippen LogP contribution in [0.15, 0.2) is 11.8 Å². The molecule has 122 valence electrons. The average molecular weight is 301 g/mol. The smallest absolute Gasteiger partial charge is 0.150 e. The first-order valence-electron chi connectivity index (χ1n) is 8.16. The van der Waals surface area contributed by atoms with E-state index < -0.39 is 19.0 Å². The Bertz CT molecular complexity index is 337. The Morgan fingerprint density at radius 3 is 3.10 bits per heavy atom. The molecule has 21 heavy (non-hydrogen) atoms. The second-order valence-electron chi connectivity index (χ2n) is 6.06. The zero-order valence-corrected chi connectivity index (χ0v) is 12.9. The first kappa shape index (κ1) is 16.7. The zero-order valence-electron chi connectivity index (χ0n) is 12.9. The minimum Gasteiger partial charge on any atom is -0.490 e. The molecule has 0 spiro atoms. The lowest BCUT2D eigenvalue weighted by molar-refractivity contribution is -0.00962. The lowest BCUT2D eigenvalue weighted by atomic mass is 9.82. The molecular formula is C16H28FNO3. The van der Waals surface area contributed by atoms with Gasteiger partial charge >= 0.3 is 0 Å². The molecule has 2 rings (SSSR count). The molecule has 1 aliphatic heterocycles. The number of ether oxygens (including phenoxy) is 2. The maximum absolute atomic E-state index is 13.0. The summed E-state index contributed by atoms with van der Waals surface area (Å²) in [5.74, 6) is 1.39. The fourth-order valence-electron chi connectivity index (χ4n) is 3.01. The molecule has 0 aromatic carbocycles. The van der Waals surface area contributed by atoms with Gasteiger partial charge < -0.3 is 14.6 Å². The number of allylic oxidation sites excluding steroid dienone is 1. The Morgan fingerprint density at radius 2 is 2.33 bits per heavy atom. The van der Waals surface area contributed by atoms with Crippen LogP contribution in [0.1, 0.15) is 45.4 Å². The number of hydrogen-bond donors (Lipinski definition) is 2. The van der Waals surface area contributed by atoms with E-state index in [9.17, 15) is 9.50 Å². The van der Waals surface area contributed by atoms with E-state index in [2.05, 4.69) is 18.3 Å². The highest BCUT2D eigenvalue weighted by molar-refractivity contribution is 5.06. The molecule has 0 bridgehead atoms. The minimum absolute atomic E-state index is 0.245. The summed E-state index contributed by atoms with van der Waals surface area (Å²) in [6.45, 7) is 2.53. The second-order valence-corrected chi connectivity index (χ2v) is 6.06. The highest BCUT2D eigenvalue weighted by Crippen LogP contribution is 2.32. The lowest BCUT2D eigenvalue weighted by Crippen LogP contribution is -2.49. The van der Waals surface area contributed by atoms with Crippen molar-refractivity contribution in [2.75, 3.05) is 19.9 Å². The summed E-state index contributed by atoms with van der Waals surface area (Å²) in [7, 11) is 0. The summed E-state index contributed by atoms with van der Waals surface area (Å²) in [5, 5.41) is 12.9. The third-order valence-electron chi connectivity index (χ3n) is 4.29. The fourth-order valence-corrected chi connectivity index (χ4v) is 3.01. The Hall–Kier alpha value is -0.650. The number of halogens is 1. The highest BCUT2D eigenvalue weighted by atomic mass is 19.1. The Kier molecular flexibility index (Phi) is 6.93. The third-order valence-corrected chi connectivity index (χ3v) is 4.29. The molecular weight excluding hydrogens is 273 g/mol. The molecule has 5 heteroatoms. The molecule has 2 N–H and O–H groups in total. The van der Waals surface area contributed by atoms with Crippen molar-refractivity contribution >= 4 is 0 Å². The maximum atomic E-state index is 13.0. The van der Waals surface area contributed by atoms with Gasteiger partial charge in [-0.2, -0.15) is 0 Å². The first-order chi connectivity index (χ1) is 10.2. The van der Waals surface area contributed by atoms with Gasteiger partial charge in [0.1, 0.15) is 19.0 Å². The number of fused-ring (bicyclic) bond motifs is 1. The summed E-state index contributed by atoms with van der Waals surface area (Å²) >= 11 is 0. The van der Waals surface area contributed by atoms with Crippen molar-refractivity contribution in [1.29, 1.82) is 0 Å². The van der Waals surface area contributed by atoms with Crippen LogP contribution in [-0.4, -0.2) is 43.4 Å². The van der Waals surface area contributed by atoms with Gasteiger partial charge in [-0.3, -0.25) is 5.32 Å². The van der Waals surface area contributed by atoms with Crippen molar-refractivity contribution in [3.05, 3.63) is 11.8 Å². The van der Waals surface area contributed by atoms with E-state index in [0.717, 1.165) is 44.3 Å². The number of aliphatic hydroxyl groups is 1. The standard InChI is InChI=1S/C16H28FNO3/c1-2-3-8-20-11-14(10-17)21-13-6-4-12-5-7-16(19)18-15(12)9-13/h6,12,14-16,18-19H,2-5,7-11H2,1H3/t12-,14?,15-,16?/m0/s1. The Balaban J connectivity index is 1.77. The van der Waals surface area contributed by atoms with Crippen LogP contribution in [0.25, 0.3) is 0 Å². The Labute approximate surface area is 126 Å². The van der Waals surface area contributed by atoms with E-state index in [1.807, 2.05) is 0 Å². The highest BCUT2D eigenvalue weighted by Gasteiger charge is 2.32. The monoisotopic (exact) mass is 301 g/mol. The van der Waals surface area contributed by atoms with E-state index in [1.165, 1.54) is 0 Å². The van der Waals surface area contributed by atoms with Crippen molar-refractivity contribution < 1.29 is 19.0 Å². The number of hydrogen-bond acceptors (Lipinski definition) is 4. The van der Waals surface area contributed by atoms with Crippen LogP contribution in [0.3, 0.4) is 0 Å². The van der Waals surface area contributed by atoms with Crippen molar-refractivity contribution in [2.24, 2.45) is 5.92 Å². The zero-order chi connectivity index (χ0) is 15.1. The predicted molar refractivity (Wildman–Crippen MR) is 79.5 cm³/mol. The summed E-state index contributed by atoms with van der Waals surface area (Å²) in [5.41, 5.74) is 0. The van der Waals surface area contributed by atoms with E-state index in [-0.39, 0.29) is 6.04 Å². The minimum atomic E-state index is -0.534. The van der Waals surface area contributed by atoms with Gasteiger partial charge in [0.05, 0.1) is 12.4 Å². The molecule has 0 amide bonds. The summed E-state index contributed by atoms with van der Waals surface area (Å²) in [6, 6.07) is 0.245. The molecule has 0 radical (unpaired) electrons. The fraction of sp³-hybridized carbons (Fsp3) is 0.875. The second kappa shape index (κ2) is 8.71. The third kappa shape index (κ3) is 5.24. The van der Waals surface area contributed by atoms with Crippen molar-refractivity contribution in [3.8, 4) is 0 Å². The Morgan fingerprint density at radius 1 is 1.48 bits per heavy atom. The van der Waals surface area contributed by atoms with Crippen molar-refractivity contribution in [3.63, 3.8) is 0 Å². The summed E-state index contributed by atoms with van der Waals surface area (Å²) in [6.07, 6.45) is 6.73. The maximum Gasteiger partial charge on any atom is 0.150 e. The summed E-state index contributed by atoms with van der Waals surface area (Å²) < 4.78 is 24.2. The van der Waals surface area contributed by atoms with Crippen molar-refractivity contribution in [2.45, 2.75) is 63.8 Å². The van der Waals surface area contributed by atoms with Gasteiger partial charge in [-0.25, -0.2) is 4.39 Å². The molecule has 1 aliphatic carbocycles. The molecule has 1 saturated heterocycles. The SMILES string of the molecule is CCCCOCC(CF)OC1=CC[C@H]2CCC(O)N[C@H]2C1. The van der Waals surface area contributed by atoms with Gasteiger partial charge in [0.15, 0.2) is 0 Å². The number of piperidine rings is 1. The van der Waals surface area contributed by atoms with Crippen LogP contribution in [0.4, 0.5) is 4.39 Å². The number of unbranched alkanes of at least 4 members (excludes halogenated alkanes) is 1. The number of nitrogens with one attached hydrogen (secondary N) is 1. The molecule has 0 aromatic heterocycles. The number of alkyl halides is 1. The molecule has 1 fully saturated rings. The summed E-state index contributed by atoms with van der Waals surface area (Å²) in [4.78, 5) is 0. The number of aliphatic hydroxyl groups excluding tert-OH is 1. The van der Waals surface area contributed by atoms with Crippen molar-refractivity contribution in [1.82, 2.24) is 5.32 Å². The van der Waals surface area contributed by atoms with Crippen LogP contribution < -0.4 is 5.32 Å². The molecule has 1 heterocycles. The van der Waals surface area contributed by atoms with E-state index in [4.69, 9.17) is 9.47 Å². The average Bonchev–Trinajstić information content (AvgIpc) is 2.50. The van der Waals surface area contributed by atoms with Gasteiger partial charge in [-0.1, -0.05) is 13.3 Å². The van der Waals surface area contributed by atoms with Crippen LogP contribution >= 0.6 is 0 Å². The molecule has 2 unspecified atom stereocenters. The molecule has 0 saturated carbocycles. The molecule has 2 aliphatic rings. The quantitative estimate of drug-likeness (QED) is 0.676. The normalized spacial score (nSPS) is 30.4. The van der Waals surface area contributed by atoms with E-state index in [0.29, 0.717) is 19.1 Å². The van der Waals surface area contributed by atoms with Gasteiger partial charge in [-0.15, -0.1) is 0 Å². The molecule has 4 atom stereocenters. The molecule has 4 nitrogen and oxygen atoms in total. The van der Waals surface area contributed by atoms with E-state index in [1.54, 1.807) is 0 Å². The number of rotatable bonds is 8. The lowest BCUT2D eigenvalue weighted by Gasteiger charge is -2.38. The topological polar surface area (TPSA) is 50.7 Å². The molecule has 0 aromatic rings. The first-order valence-corrected chi connectivity index (χ1v) is 8.16. The van der Waals surface area contributed by atoms with Crippen LogP contribution in [0.5, 0.6) is 0 Å². The van der Waals surface area contributed by atoms with Gasteiger partial charge in [0.25, 0.3) is 0 Å². The van der Waals surface area contributed by atoms with Gasteiger partial charge in [0.2, 0.25) is 0 Å². The van der Waals surface area contributed by atoms with Gasteiger partial charge in [0, 0.05) is 19.1 Å². The van der Waals surface area contributed by atoms with Crippen LogP contribution in [0.2, 0.25) is 0 Å². The van der Waals surface area contributed by atoms with Gasteiger partial charge in [-0.05, 0) is 37.7 Å². The largest absolute Gasteiger partial charge is 0.490 e. The predicted octanol–water partition coefficient (Wildman–Crippen LogP) is 2.52. The van der Waals surface area contributed by atoms with E-state index >= 15 is 0 Å².